The van der Waals surface area contributed by atoms with Gasteiger partial charge in [-0.05, 0) is 18.3 Å². The normalized spacial score (nSPS) is 18.4. The van der Waals surface area contributed by atoms with Gasteiger partial charge in [0.2, 0.25) is 0 Å². The minimum atomic E-state index is -1.05. The van der Waals surface area contributed by atoms with Gasteiger partial charge in [-0.2, -0.15) is 0 Å². The zero-order valence-electron chi connectivity index (χ0n) is 10.0. The quantitative estimate of drug-likeness (QED) is 0.821. The van der Waals surface area contributed by atoms with E-state index in [1.807, 2.05) is 0 Å². The molecule has 2 N–H and O–H groups in total. The van der Waals surface area contributed by atoms with Crippen LogP contribution in [-0.2, 0) is 6.54 Å². The summed E-state index contributed by atoms with van der Waals surface area (Å²) in [5.74, 6) is -0.480. The average Bonchev–Trinajstić information content (AvgIpc) is 2.88. The number of carboxylic acid groups (broad SMARTS) is 1. The molecule has 1 aliphatic carbocycles. The van der Waals surface area contributed by atoms with Crippen molar-refractivity contribution >= 4 is 5.97 Å². The van der Waals surface area contributed by atoms with Gasteiger partial charge in [0.05, 0.1) is 6.54 Å². The van der Waals surface area contributed by atoms with Gasteiger partial charge >= 0.3 is 5.97 Å². The second kappa shape index (κ2) is 4.87. The molecular weight excluding hydrogens is 220 g/mol. The molecule has 0 unspecified atom stereocenters. The van der Waals surface area contributed by atoms with Gasteiger partial charge < -0.3 is 14.9 Å². The number of hydrogen-bond donors (Lipinski definition) is 2. The van der Waals surface area contributed by atoms with E-state index in [0.29, 0.717) is 17.7 Å². The van der Waals surface area contributed by atoms with Gasteiger partial charge in [-0.1, -0.05) is 24.9 Å². The van der Waals surface area contributed by atoms with Crippen LogP contribution in [0.1, 0.15) is 48.9 Å². The lowest BCUT2D eigenvalue weighted by molar-refractivity contribution is 0.0685. The first-order valence-corrected chi connectivity index (χ1v) is 5.99. The van der Waals surface area contributed by atoms with Gasteiger partial charge in [0.1, 0.15) is 0 Å². The maximum atomic E-state index is 10.6. The lowest BCUT2D eigenvalue weighted by Crippen LogP contribution is -2.28. The molecule has 0 spiro atoms. The van der Waals surface area contributed by atoms with E-state index in [1.165, 1.54) is 31.7 Å². The van der Waals surface area contributed by atoms with Crippen LogP contribution in [0.3, 0.4) is 0 Å². The summed E-state index contributed by atoms with van der Waals surface area (Å²) in [6, 6.07) is 1.46. The van der Waals surface area contributed by atoms with E-state index < -0.39 is 5.97 Å². The maximum Gasteiger partial charge on any atom is 0.358 e. The minimum Gasteiger partial charge on any atom is -0.476 e. The lowest BCUT2D eigenvalue weighted by Gasteiger charge is -2.23. The molecule has 1 aromatic heterocycles. The van der Waals surface area contributed by atoms with Gasteiger partial charge in [-0.3, -0.25) is 0 Å². The van der Waals surface area contributed by atoms with Crippen molar-refractivity contribution in [1.29, 1.82) is 0 Å². The van der Waals surface area contributed by atoms with Crippen LogP contribution in [0.4, 0.5) is 0 Å². The van der Waals surface area contributed by atoms with Crippen molar-refractivity contribution < 1.29 is 14.4 Å². The second-order valence-corrected chi connectivity index (χ2v) is 5.10. The molecule has 0 atom stereocenters. The van der Waals surface area contributed by atoms with E-state index >= 15 is 0 Å². The standard InChI is InChI=1S/C12H18N2O3/c1-12(4-2-3-5-12)8-13-7-9-6-10(11(15)16)14-17-9/h6,13H,2-5,7-8H2,1H3,(H,15,16). The first-order chi connectivity index (χ1) is 8.09. The van der Waals surface area contributed by atoms with Gasteiger partial charge in [-0.25, -0.2) is 4.79 Å². The fourth-order valence-corrected chi connectivity index (χ4v) is 2.39. The summed E-state index contributed by atoms with van der Waals surface area (Å²) < 4.78 is 4.93. The lowest BCUT2D eigenvalue weighted by atomic mass is 9.89. The Balaban J connectivity index is 1.79. The van der Waals surface area contributed by atoms with Crippen LogP contribution in [0, 0.1) is 5.41 Å². The van der Waals surface area contributed by atoms with Crippen LogP contribution >= 0.6 is 0 Å². The SMILES string of the molecule is CC1(CNCc2cc(C(=O)O)no2)CCCC1. The molecule has 1 heterocycles. The van der Waals surface area contributed by atoms with Crippen molar-refractivity contribution in [3.8, 4) is 0 Å². The van der Waals surface area contributed by atoms with E-state index in [4.69, 9.17) is 9.63 Å². The number of aromatic carboxylic acids is 1. The summed E-state index contributed by atoms with van der Waals surface area (Å²) in [7, 11) is 0. The summed E-state index contributed by atoms with van der Waals surface area (Å²) in [5, 5.41) is 15.5. The summed E-state index contributed by atoms with van der Waals surface area (Å²) in [6.07, 6.45) is 5.14. The van der Waals surface area contributed by atoms with Gasteiger partial charge in [0.15, 0.2) is 11.5 Å². The highest BCUT2D eigenvalue weighted by atomic mass is 16.5. The van der Waals surface area contributed by atoms with Crippen molar-refractivity contribution in [2.24, 2.45) is 5.41 Å². The third kappa shape index (κ3) is 3.06. The molecule has 0 bridgehead atoms. The molecule has 5 nitrogen and oxygen atoms in total. The summed E-state index contributed by atoms with van der Waals surface area (Å²) >= 11 is 0. The largest absolute Gasteiger partial charge is 0.476 e. The molecule has 0 aromatic carbocycles. The van der Waals surface area contributed by atoms with E-state index in [-0.39, 0.29) is 5.69 Å². The fraction of sp³-hybridized carbons (Fsp3) is 0.667. The van der Waals surface area contributed by atoms with Crippen LogP contribution in [0.5, 0.6) is 0 Å². The molecule has 1 fully saturated rings. The fourth-order valence-electron chi connectivity index (χ4n) is 2.39. The van der Waals surface area contributed by atoms with Crippen LogP contribution in [0.2, 0.25) is 0 Å². The van der Waals surface area contributed by atoms with Crippen molar-refractivity contribution in [3.05, 3.63) is 17.5 Å². The Hall–Kier alpha value is -1.36. The molecule has 1 saturated carbocycles. The van der Waals surface area contributed by atoms with Crippen LogP contribution in [-0.4, -0.2) is 22.8 Å². The molecule has 0 amide bonds. The Morgan fingerprint density at radius 1 is 1.59 bits per heavy atom. The average molecular weight is 238 g/mol. The molecule has 1 aliphatic rings. The predicted molar refractivity (Wildman–Crippen MR) is 61.7 cm³/mol. The number of nitrogens with zero attached hydrogens (tertiary/aromatic N) is 1. The first-order valence-electron chi connectivity index (χ1n) is 5.99. The molecule has 0 radical (unpaired) electrons. The van der Waals surface area contributed by atoms with Crippen molar-refractivity contribution in [1.82, 2.24) is 10.5 Å². The molecular formula is C12H18N2O3. The summed E-state index contributed by atoms with van der Waals surface area (Å²) in [6.45, 7) is 3.77. The Labute approximate surface area is 100 Å². The molecule has 17 heavy (non-hydrogen) atoms. The van der Waals surface area contributed by atoms with E-state index in [2.05, 4.69) is 17.4 Å². The number of rotatable bonds is 5. The Kier molecular flexibility index (Phi) is 3.47. The van der Waals surface area contributed by atoms with Crippen LogP contribution in [0.15, 0.2) is 10.6 Å². The Morgan fingerprint density at radius 3 is 2.88 bits per heavy atom. The smallest absolute Gasteiger partial charge is 0.358 e. The topological polar surface area (TPSA) is 75.4 Å². The summed E-state index contributed by atoms with van der Waals surface area (Å²) in [5.41, 5.74) is 0.351. The van der Waals surface area contributed by atoms with Gasteiger partial charge in [0, 0.05) is 12.6 Å². The van der Waals surface area contributed by atoms with E-state index in [0.717, 1.165) is 6.54 Å². The molecule has 5 heteroatoms. The zero-order chi connectivity index (χ0) is 12.3. The molecule has 94 valence electrons. The zero-order valence-corrected chi connectivity index (χ0v) is 10.0. The van der Waals surface area contributed by atoms with E-state index in [9.17, 15) is 4.79 Å². The van der Waals surface area contributed by atoms with Crippen molar-refractivity contribution in [2.75, 3.05) is 6.54 Å². The predicted octanol–water partition coefficient (Wildman–Crippen LogP) is 2.04. The first kappa shape index (κ1) is 12.1. The van der Waals surface area contributed by atoms with E-state index in [1.54, 1.807) is 0 Å². The number of carboxylic acids is 1. The molecule has 0 aliphatic heterocycles. The van der Waals surface area contributed by atoms with Gasteiger partial charge in [0.25, 0.3) is 0 Å². The third-order valence-corrected chi connectivity index (χ3v) is 3.44. The summed E-state index contributed by atoms with van der Waals surface area (Å²) in [4.78, 5) is 10.6. The van der Waals surface area contributed by atoms with Crippen LogP contribution in [0.25, 0.3) is 0 Å². The Morgan fingerprint density at radius 2 is 2.29 bits per heavy atom. The number of hydrogen-bond acceptors (Lipinski definition) is 4. The Bertz CT molecular complexity index is 394. The van der Waals surface area contributed by atoms with Crippen LogP contribution < -0.4 is 5.32 Å². The highest BCUT2D eigenvalue weighted by Crippen LogP contribution is 2.36. The highest BCUT2D eigenvalue weighted by Gasteiger charge is 2.27. The number of carbonyl (C=O) groups is 1. The minimum absolute atomic E-state index is 0.0334. The number of aromatic nitrogens is 1. The highest BCUT2D eigenvalue weighted by molar-refractivity contribution is 5.85. The molecule has 2 rings (SSSR count). The molecule has 0 saturated heterocycles. The van der Waals surface area contributed by atoms with Gasteiger partial charge in [-0.15, -0.1) is 0 Å². The monoisotopic (exact) mass is 238 g/mol. The third-order valence-electron chi connectivity index (χ3n) is 3.44. The number of nitrogens with one attached hydrogen (secondary N) is 1. The van der Waals surface area contributed by atoms with Crippen molar-refractivity contribution in [3.63, 3.8) is 0 Å². The van der Waals surface area contributed by atoms with Crippen molar-refractivity contribution in [2.45, 2.75) is 39.2 Å². The maximum absolute atomic E-state index is 10.6. The molecule has 1 aromatic rings. The second-order valence-electron chi connectivity index (χ2n) is 5.10.